The standard InChI is InChI=1S/C14H14BrClN2O/c1-8(2)14-17-12(15)7-13(18-14)19-11-5-4-10(16)6-9(11)3/h4-8H,1-3H3. The average molecular weight is 342 g/mol. The van der Waals surface area contributed by atoms with E-state index in [2.05, 4.69) is 25.9 Å². The summed E-state index contributed by atoms with van der Waals surface area (Å²) in [7, 11) is 0. The van der Waals surface area contributed by atoms with Gasteiger partial charge in [-0.15, -0.1) is 0 Å². The zero-order valence-corrected chi connectivity index (χ0v) is 13.3. The van der Waals surface area contributed by atoms with Crippen LogP contribution in [0.25, 0.3) is 0 Å². The molecule has 0 aliphatic rings. The van der Waals surface area contributed by atoms with Crippen molar-refractivity contribution in [2.24, 2.45) is 0 Å². The van der Waals surface area contributed by atoms with E-state index >= 15 is 0 Å². The number of ether oxygens (including phenoxy) is 1. The fourth-order valence-corrected chi connectivity index (χ4v) is 2.17. The third-order valence-corrected chi connectivity index (χ3v) is 3.20. The molecule has 0 bridgehead atoms. The first-order valence-electron chi connectivity index (χ1n) is 5.94. The van der Waals surface area contributed by atoms with Gasteiger partial charge in [0, 0.05) is 17.0 Å². The number of hydrogen-bond acceptors (Lipinski definition) is 3. The molecule has 1 aromatic heterocycles. The van der Waals surface area contributed by atoms with Gasteiger partial charge < -0.3 is 4.74 Å². The molecule has 5 heteroatoms. The summed E-state index contributed by atoms with van der Waals surface area (Å²) in [6.07, 6.45) is 0. The van der Waals surface area contributed by atoms with Gasteiger partial charge in [-0.2, -0.15) is 4.98 Å². The van der Waals surface area contributed by atoms with E-state index in [1.165, 1.54) is 0 Å². The lowest BCUT2D eigenvalue weighted by Crippen LogP contribution is -2.00. The Hall–Kier alpha value is -1.13. The van der Waals surface area contributed by atoms with Crippen molar-refractivity contribution in [3.05, 3.63) is 45.3 Å². The lowest BCUT2D eigenvalue weighted by molar-refractivity contribution is 0.453. The van der Waals surface area contributed by atoms with Crippen molar-refractivity contribution in [3.63, 3.8) is 0 Å². The lowest BCUT2D eigenvalue weighted by Gasteiger charge is -2.10. The number of aryl methyl sites for hydroxylation is 1. The number of nitrogens with zero attached hydrogens (tertiary/aromatic N) is 2. The van der Waals surface area contributed by atoms with Gasteiger partial charge in [0.05, 0.1) is 0 Å². The van der Waals surface area contributed by atoms with Gasteiger partial charge in [0.1, 0.15) is 16.2 Å². The van der Waals surface area contributed by atoms with Gasteiger partial charge in [-0.05, 0) is 46.6 Å². The molecule has 1 aromatic carbocycles. The van der Waals surface area contributed by atoms with Gasteiger partial charge in [0.2, 0.25) is 5.88 Å². The van der Waals surface area contributed by atoms with E-state index in [0.717, 1.165) is 17.1 Å². The first kappa shape index (κ1) is 14.3. The van der Waals surface area contributed by atoms with Gasteiger partial charge in [0.25, 0.3) is 0 Å². The molecule has 0 N–H and O–H groups in total. The Morgan fingerprint density at radius 1 is 1.21 bits per heavy atom. The molecule has 0 saturated carbocycles. The predicted molar refractivity (Wildman–Crippen MR) is 80.1 cm³/mol. The van der Waals surface area contributed by atoms with Crippen molar-refractivity contribution in [3.8, 4) is 11.6 Å². The smallest absolute Gasteiger partial charge is 0.223 e. The predicted octanol–water partition coefficient (Wildman–Crippen LogP) is 5.12. The second kappa shape index (κ2) is 5.88. The second-order valence-electron chi connectivity index (χ2n) is 4.55. The van der Waals surface area contributed by atoms with E-state index in [1.54, 1.807) is 12.1 Å². The van der Waals surface area contributed by atoms with E-state index in [1.807, 2.05) is 32.9 Å². The SMILES string of the molecule is Cc1cc(Cl)ccc1Oc1cc(Br)nc(C(C)C)n1. The lowest BCUT2D eigenvalue weighted by atomic mass is 10.2. The molecule has 0 unspecified atom stereocenters. The van der Waals surface area contributed by atoms with E-state index in [0.29, 0.717) is 15.5 Å². The Balaban J connectivity index is 2.32. The Bertz CT molecular complexity index is 602. The van der Waals surface area contributed by atoms with Gasteiger partial charge in [-0.25, -0.2) is 4.98 Å². The maximum Gasteiger partial charge on any atom is 0.223 e. The Morgan fingerprint density at radius 3 is 2.58 bits per heavy atom. The molecule has 0 fully saturated rings. The molecule has 0 spiro atoms. The zero-order chi connectivity index (χ0) is 14.0. The molecular formula is C14H14BrClN2O. The summed E-state index contributed by atoms with van der Waals surface area (Å²) >= 11 is 9.30. The summed E-state index contributed by atoms with van der Waals surface area (Å²) in [6, 6.07) is 7.24. The minimum atomic E-state index is 0.242. The molecule has 100 valence electrons. The largest absolute Gasteiger partial charge is 0.439 e. The Kier molecular flexibility index (Phi) is 4.42. The Morgan fingerprint density at radius 2 is 1.95 bits per heavy atom. The summed E-state index contributed by atoms with van der Waals surface area (Å²) in [5, 5.41) is 0.691. The van der Waals surface area contributed by atoms with Crippen LogP contribution in [0.2, 0.25) is 5.02 Å². The second-order valence-corrected chi connectivity index (χ2v) is 5.80. The summed E-state index contributed by atoms with van der Waals surface area (Å²) in [5.74, 6) is 2.25. The first-order valence-corrected chi connectivity index (χ1v) is 7.11. The van der Waals surface area contributed by atoms with Crippen molar-refractivity contribution >= 4 is 27.5 Å². The number of benzene rings is 1. The van der Waals surface area contributed by atoms with E-state index in [4.69, 9.17) is 16.3 Å². The van der Waals surface area contributed by atoms with Crippen LogP contribution in [0.3, 0.4) is 0 Å². The fourth-order valence-electron chi connectivity index (χ4n) is 1.56. The molecule has 0 aliphatic heterocycles. The zero-order valence-electron chi connectivity index (χ0n) is 10.9. The molecule has 0 aliphatic carbocycles. The summed E-state index contributed by atoms with van der Waals surface area (Å²) < 4.78 is 6.51. The van der Waals surface area contributed by atoms with Crippen LogP contribution in [0.5, 0.6) is 11.6 Å². The molecule has 0 saturated heterocycles. The number of hydrogen-bond donors (Lipinski definition) is 0. The van der Waals surface area contributed by atoms with Crippen molar-refractivity contribution in [2.45, 2.75) is 26.7 Å². The van der Waals surface area contributed by atoms with Gasteiger partial charge in [0.15, 0.2) is 0 Å². The topological polar surface area (TPSA) is 35.0 Å². The molecule has 2 rings (SSSR count). The molecule has 0 radical (unpaired) electrons. The number of halogens is 2. The van der Waals surface area contributed by atoms with Crippen molar-refractivity contribution in [1.82, 2.24) is 9.97 Å². The molecule has 19 heavy (non-hydrogen) atoms. The third-order valence-electron chi connectivity index (χ3n) is 2.56. The highest BCUT2D eigenvalue weighted by atomic mass is 79.9. The highest BCUT2D eigenvalue weighted by molar-refractivity contribution is 9.10. The van der Waals surface area contributed by atoms with Crippen LogP contribution in [0.1, 0.15) is 31.2 Å². The van der Waals surface area contributed by atoms with Gasteiger partial charge in [-0.1, -0.05) is 25.4 Å². The highest BCUT2D eigenvalue weighted by Crippen LogP contribution is 2.28. The average Bonchev–Trinajstić information content (AvgIpc) is 2.32. The molecular weight excluding hydrogens is 328 g/mol. The molecule has 1 heterocycles. The van der Waals surface area contributed by atoms with Crippen molar-refractivity contribution in [1.29, 1.82) is 0 Å². The Labute approximate surface area is 126 Å². The first-order chi connectivity index (χ1) is 8.95. The fraction of sp³-hybridized carbons (Fsp3) is 0.286. The maximum atomic E-state index is 5.92. The van der Waals surface area contributed by atoms with Crippen LogP contribution in [0.15, 0.2) is 28.9 Å². The minimum Gasteiger partial charge on any atom is -0.439 e. The minimum absolute atomic E-state index is 0.242. The van der Waals surface area contributed by atoms with Gasteiger partial charge >= 0.3 is 0 Å². The third kappa shape index (κ3) is 3.67. The van der Waals surface area contributed by atoms with Crippen LogP contribution in [-0.4, -0.2) is 9.97 Å². The summed E-state index contributed by atoms with van der Waals surface area (Å²) in [6.45, 7) is 6.03. The number of rotatable bonds is 3. The van der Waals surface area contributed by atoms with Gasteiger partial charge in [-0.3, -0.25) is 0 Å². The summed E-state index contributed by atoms with van der Waals surface area (Å²) in [4.78, 5) is 8.71. The molecule has 0 amide bonds. The monoisotopic (exact) mass is 340 g/mol. The molecule has 3 nitrogen and oxygen atoms in total. The molecule has 0 atom stereocenters. The quantitative estimate of drug-likeness (QED) is 0.727. The van der Waals surface area contributed by atoms with Crippen LogP contribution < -0.4 is 4.74 Å². The summed E-state index contributed by atoms with van der Waals surface area (Å²) in [5.41, 5.74) is 0.966. The van der Waals surface area contributed by atoms with Crippen LogP contribution in [0.4, 0.5) is 0 Å². The van der Waals surface area contributed by atoms with Crippen LogP contribution in [0, 0.1) is 6.92 Å². The number of aromatic nitrogens is 2. The molecule has 2 aromatic rings. The normalized spacial score (nSPS) is 10.8. The van der Waals surface area contributed by atoms with Crippen LogP contribution >= 0.6 is 27.5 Å². The van der Waals surface area contributed by atoms with E-state index < -0.39 is 0 Å². The van der Waals surface area contributed by atoms with E-state index in [9.17, 15) is 0 Å². The van der Waals surface area contributed by atoms with Crippen molar-refractivity contribution < 1.29 is 4.74 Å². The van der Waals surface area contributed by atoms with Crippen LogP contribution in [-0.2, 0) is 0 Å². The maximum absolute atomic E-state index is 5.92. The van der Waals surface area contributed by atoms with Crippen molar-refractivity contribution in [2.75, 3.05) is 0 Å². The van der Waals surface area contributed by atoms with E-state index in [-0.39, 0.29) is 5.92 Å². The highest BCUT2D eigenvalue weighted by Gasteiger charge is 2.09.